The highest BCUT2D eigenvalue weighted by Gasteiger charge is 2.17. The number of likely N-dealkylation sites (tertiary alicyclic amines) is 1. The van der Waals surface area contributed by atoms with E-state index in [0.29, 0.717) is 19.6 Å². The molecule has 1 heterocycles. The van der Waals surface area contributed by atoms with Crippen molar-refractivity contribution in [2.24, 2.45) is 5.92 Å². The molecule has 0 bridgehead atoms. The average Bonchev–Trinajstić information content (AvgIpc) is 2.60. The van der Waals surface area contributed by atoms with Crippen LogP contribution < -0.4 is 5.32 Å². The maximum absolute atomic E-state index is 12.2. The minimum Gasteiger partial charge on any atom is -0.395 e. The molecular weight excluding hydrogens is 302 g/mol. The van der Waals surface area contributed by atoms with Crippen molar-refractivity contribution in [2.75, 3.05) is 32.8 Å². The van der Waals surface area contributed by atoms with Crippen molar-refractivity contribution in [2.45, 2.75) is 39.8 Å². The Hall–Kier alpha value is -1.59. The van der Waals surface area contributed by atoms with Gasteiger partial charge in [0.1, 0.15) is 0 Å². The van der Waals surface area contributed by atoms with Crippen molar-refractivity contribution in [3.8, 4) is 0 Å². The monoisotopic (exact) mass is 333 g/mol. The number of nitrogens with zero attached hydrogens (tertiary/aromatic N) is 2. The molecule has 2 N–H and O–H groups in total. The molecule has 0 atom stereocenters. The summed E-state index contributed by atoms with van der Waals surface area (Å²) in [4.78, 5) is 16.3. The number of aliphatic hydroxyl groups is 1. The number of likely N-dealkylation sites (N-methyl/N-ethyl adjacent to an activating group) is 1. The van der Waals surface area contributed by atoms with Gasteiger partial charge in [0.05, 0.1) is 6.61 Å². The molecule has 1 saturated heterocycles. The molecule has 0 spiro atoms. The van der Waals surface area contributed by atoms with Crippen LogP contribution in [0.15, 0.2) is 24.3 Å². The number of carbonyl (C=O) groups excluding carboxylic acids is 1. The average molecular weight is 333 g/mol. The van der Waals surface area contributed by atoms with Crippen LogP contribution in [0.2, 0.25) is 0 Å². The maximum Gasteiger partial charge on any atom is 0.317 e. The fourth-order valence-corrected chi connectivity index (χ4v) is 3.15. The van der Waals surface area contributed by atoms with E-state index in [4.69, 9.17) is 5.11 Å². The third-order valence-corrected chi connectivity index (χ3v) is 4.86. The summed E-state index contributed by atoms with van der Waals surface area (Å²) in [6.45, 7) is 8.99. The molecule has 1 aliphatic heterocycles. The SMILES string of the molecule is CCN(CCO)C(=O)NCc1ccccc1CN1CCC(C)CC1. The first-order valence-corrected chi connectivity index (χ1v) is 9.06. The summed E-state index contributed by atoms with van der Waals surface area (Å²) >= 11 is 0. The molecule has 0 aliphatic carbocycles. The first kappa shape index (κ1) is 18.7. The third kappa shape index (κ3) is 5.49. The van der Waals surface area contributed by atoms with Gasteiger partial charge in [-0.2, -0.15) is 0 Å². The molecule has 134 valence electrons. The molecule has 0 saturated carbocycles. The fourth-order valence-electron chi connectivity index (χ4n) is 3.15. The van der Waals surface area contributed by atoms with E-state index in [2.05, 4.69) is 35.3 Å². The lowest BCUT2D eigenvalue weighted by Crippen LogP contribution is -2.41. The van der Waals surface area contributed by atoms with Gasteiger partial charge in [-0.05, 0) is 49.9 Å². The molecule has 5 nitrogen and oxygen atoms in total. The molecule has 1 aromatic rings. The Kier molecular flexibility index (Phi) is 7.53. The van der Waals surface area contributed by atoms with E-state index in [1.165, 1.54) is 24.0 Å². The van der Waals surface area contributed by atoms with E-state index in [1.54, 1.807) is 4.90 Å². The highest BCUT2D eigenvalue weighted by atomic mass is 16.3. The van der Waals surface area contributed by atoms with Crippen molar-refractivity contribution in [1.29, 1.82) is 0 Å². The molecule has 1 fully saturated rings. The number of urea groups is 1. The third-order valence-electron chi connectivity index (χ3n) is 4.86. The molecule has 0 aromatic heterocycles. The summed E-state index contributed by atoms with van der Waals surface area (Å²) in [5.41, 5.74) is 2.46. The van der Waals surface area contributed by atoms with Crippen molar-refractivity contribution in [3.63, 3.8) is 0 Å². The number of nitrogens with one attached hydrogen (secondary N) is 1. The number of piperidine rings is 1. The van der Waals surface area contributed by atoms with Gasteiger partial charge in [0.25, 0.3) is 0 Å². The minimum absolute atomic E-state index is 0.00870. The number of rotatable bonds is 7. The van der Waals surface area contributed by atoms with Crippen molar-refractivity contribution >= 4 is 6.03 Å². The molecule has 5 heteroatoms. The molecule has 0 radical (unpaired) electrons. The summed E-state index contributed by atoms with van der Waals surface area (Å²) in [6, 6.07) is 8.22. The standard InChI is InChI=1S/C19H31N3O2/c1-3-22(12-13-23)19(24)20-14-17-6-4-5-7-18(17)15-21-10-8-16(2)9-11-21/h4-7,16,23H,3,8-15H2,1-2H3,(H,20,24). The van der Waals surface area contributed by atoms with Gasteiger partial charge >= 0.3 is 6.03 Å². The van der Waals surface area contributed by atoms with Crippen LogP contribution in [-0.4, -0.2) is 53.7 Å². The van der Waals surface area contributed by atoms with E-state index in [1.807, 2.05) is 13.0 Å². The van der Waals surface area contributed by atoms with Crippen LogP contribution in [0.25, 0.3) is 0 Å². The lowest BCUT2D eigenvalue weighted by atomic mass is 9.98. The fraction of sp³-hybridized carbons (Fsp3) is 0.632. The van der Waals surface area contributed by atoms with Gasteiger partial charge in [0, 0.05) is 26.2 Å². The van der Waals surface area contributed by atoms with Gasteiger partial charge in [0.2, 0.25) is 0 Å². The number of aliphatic hydroxyl groups excluding tert-OH is 1. The van der Waals surface area contributed by atoms with Gasteiger partial charge in [0.15, 0.2) is 0 Å². The summed E-state index contributed by atoms with van der Waals surface area (Å²) < 4.78 is 0. The predicted octanol–water partition coefficient (Wildman–Crippen LogP) is 2.44. The smallest absolute Gasteiger partial charge is 0.317 e. The summed E-state index contributed by atoms with van der Waals surface area (Å²) in [5, 5.41) is 12.0. The lowest BCUT2D eigenvalue weighted by molar-refractivity contribution is 0.179. The van der Waals surface area contributed by atoms with Gasteiger partial charge in [-0.25, -0.2) is 4.79 Å². The summed E-state index contributed by atoms with van der Waals surface area (Å²) in [5.74, 6) is 0.835. The Morgan fingerprint density at radius 2 is 1.96 bits per heavy atom. The normalized spacial score (nSPS) is 16.1. The van der Waals surface area contributed by atoms with Crippen molar-refractivity contribution in [3.05, 3.63) is 35.4 Å². The first-order chi connectivity index (χ1) is 11.6. The number of carbonyl (C=O) groups is 1. The summed E-state index contributed by atoms with van der Waals surface area (Å²) in [6.07, 6.45) is 2.54. The molecule has 2 amide bonds. The number of hydrogen-bond acceptors (Lipinski definition) is 3. The van der Waals surface area contributed by atoms with Crippen LogP contribution in [0.1, 0.15) is 37.8 Å². The maximum atomic E-state index is 12.2. The van der Waals surface area contributed by atoms with Gasteiger partial charge in [-0.1, -0.05) is 31.2 Å². The zero-order valence-electron chi connectivity index (χ0n) is 15.0. The Morgan fingerprint density at radius 3 is 2.58 bits per heavy atom. The number of benzene rings is 1. The van der Waals surface area contributed by atoms with Crippen LogP contribution in [0.5, 0.6) is 0 Å². The molecule has 24 heavy (non-hydrogen) atoms. The lowest BCUT2D eigenvalue weighted by Gasteiger charge is -2.30. The molecule has 1 aromatic carbocycles. The predicted molar refractivity (Wildman–Crippen MR) is 96.7 cm³/mol. The second-order valence-corrected chi connectivity index (χ2v) is 6.69. The Morgan fingerprint density at radius 1 is 1.29 bits per heavy atom. The quantitative estimate of drug-likeness (QED) is 0.806. The van der Waals surface area contributed by atoms with Gasteiger partial charge in [-0.3, -0.25) is 4.90 Å². The van der Waals surface area contributed by atoms with Crippen LogP contribution in [0.3, 0.4) is 0 Å². The molecule has 0 unspecified atom stereocenters. The van der Waals surface area contributed by atoms with Crippen LogP contribution >= 0.6 is 0 Å². The van der Waals surface area contributed by atoms with E-state index < -0.39 is 0 Å². The largest absolute Gasteiger partial charge is 0.395 e. The van der Waals surface area contributed by atoms with Crippen molar-refractivity contribution < 1.29 is 9.90 Å². The zero-order chi connectivity index (χ0) is 17.4. The number of hydrogen-bond donors (Lipinski definition) is 2. The second-order valence-electron chi connectivity index (χ2n) is 6.69. The van der Waals surface area contributed by atoms with E-state index in [0.717, 1.165) is 25.6 Å². The molecular formula is C19H31N3O2. The highest BCUT2D eigenvalue weighted by Crippen LogP contribution is 2.19. The Bertz CT molecular complexity index is 513. The first-order valence-electron chi connectivity index (χ1n) is 9.06. The number of amides is 2. The van der Waals surface area contributed by atoms with Gasteiger partial charge in [-0.15, -0.1) is 0 Å². The summed E-state index contributed by atoms with van der Waals surface area (Å²) in [7, 11) is 0. The van der Waals surface area contributed by atoms with E-state index >= 15 is 0 Å². The second kappa shape index (κ2) is 9.64. The van der Waals surface area contributed by atoms with Gasteiger partial charge < -0.3 is 15.3 Å². The minimum atomic E-state index is -0.117. The zero-order valence-corrected chi connectivity index (χ0v) is 15.0. The molecule has 2 rings (SSSR count). The van der Waals surface area contributed by atoms with Crippen LogP contribution in [0, 0.1) is 5.92 Å². The van der Waals surface area contributed by atoms with Crippen molar-refractivity contribution in [1.82, 2.24) is 15.1 Å². The van der Waals surface area contributed by atoms with Crippen LogP contribution in [0.4, 0.5) is 4.79 Å². The Balaban J connectivity index is 1.92. The van der Waals surface area contributed by atoms with E-state index in [-0.39, 0.29) is 12.6 Å². The highest BCUT2D eigenvalue weighted by molar-refractivity contribution is 5.74. The Labute approximate surface area is 145 Å². The topological polar surface area (TPSA) is 55.8 Å². The van der Waals surface area contributed by atoms with E-state index in [9.17, 15) is 4.79 Å². The van der Waals surface area contributed by atoms with Crippen LogP contribution in [-0.2, 0) is 13.1 Å². The molecule has 1 aliphatic rings.